The lowest BCUT2D eigenvalue weighted by atomic mass is 9.95. The molecule has 9 nitrogen and oxygen atoms in total. The molecule has 2 heterocycles. The Morgan fingerprint density at radius 3 is 2.70 bits per heavy atom. The van der Waals surface area contributed by atoms with Gasteiger partial charge in [0.2, 0.25) is 0 Å². The quantitative estimate of drug-likeness (QED) is 0.241. The Hall–Kier alpha value is -1.89. The second kappa shape index (κ2) is 13.3. The number of carbonyl (C=O) groups excluding carboxylic acids is 1. The maximum Gasteiger partial charge on any atom is 0.251 e. The number of carbonyl (C=O) groups is 1. The molecule has 1 saturated heterocycles. The Bertz CT molecular complexity index is 1000. The topological polar surface area (TPSA) is 130 Å². The van der Waals surface area contributed by atoms with Crippen LogP contribution in [0.15, 0.2) is 29.8 Å². The van der Waals surface area contributed by atoms with Crippen LogP contribution >= 0.6 is 22.1 Å². The van der Waals surface area contributed by atoms with Crippen LogP contribution in [0.5, 0.6) is 0 Å². The number of nitrogens with zero attached hydrogens (tertiary/aromatic N) is 2. The lowest BCUT2D eigenvalue weighted by Gasteiger charge is -2.47. The number of amides is 1. The molecular weight excluding hydrogens is 510 g/mol. The van der Waals surface area contributed by atoms with Crippen molar-refractivity contribution in [2.24, 2.45) is 0 Å². The number of benzene rings is 1. The van der Waals surface area contributed by atoms with E-state index < -0.39 is 22.9 Å². The van der Waals surface area contributed by atoms with Gasteiger partial charge in [0.25, 0.3) is 5.91 Å². The fraction of sp³-hybridized carbons (Fsp3) is 0.615. The van der Waals surface area contributed by atoms with E-state index in [2.05, 4.69) is 20.9 Å². The Morgan fingerprint density at radius 1 is 1.19 bits per heavy atom. The highest BCUT2D eigenvalue weighted by atomic mass is 32.3. The van der Waals surface area contributed by atoms with E-state index in [0.717, 1.165) is 36.4 Å². The van der Waals surface area contributed by atoms with Gasteiger partial charge in [0.15, 0.2) is 0 Å². The smallest absolute Gasteiger partial charge is 0.251 e. The fourth-order valence-corrected chi connectivity index (χ4v) is 7.46. The van der Waals surface area contributed by atoms with Crippen molar-refractivity contribution in [2.45, 2.75) is 76.5 Å². The van der Waals surface area contributed by atoms with Gasteiger partial charge < -0.3 is 21.1 Å². The molecule has 6 N–H and O–H groups in total. The van der Waals surface area contributed by atoms with Gasteiger partial charge >= 0.3 is 0 Å². The van der Waals surface area contributed by atoms with Crippen molar-refractivity contribution >= 4 is 39.4 Å². The molecule has 37 heavy (non-hydrogen) atoms. The van der Waals surface area contributed by atoms with Gasteiger partial charge in [0.05, 0.1) is 28.6 Å². The highest BCUT2D eigenvalue weighted by molar-refractivity contribution is 8.25. The number of hydrogen-bond acceptors (Lipinski definition) is 9. The number of thiazole rings is 1. The van der Waals surface area contributed by atoms with E-state index in [9.17, 15) is 19.0 Å². The number of rotatable bonds is 11. The molecule has 1 saturated carbocycles. The second-order valence-electron chi connectivity index (χ2n) is 9.96. The van der Waals surface area contributed by atoms with Crippen LogP contribution in [0.2, 0.25) is 0 Å². The molecule has 1 aliphatic heterocycles. The van der Waals surface area contributed by atoms with E-state index in [1.165, 1.54) is 30.6 Å². The summed E-state index contributed by atoms with van der Waals surface area (Å²) < 4.78 is 23.0. The summed E-state index contributed by atoms with van der Waals surface area (Å²) in [6.07, 6.45) is 8.93. The SMILES string of the molecule is CCNc1cc(C(=O)NC(Cc2nccs2)C(O)CNC2CCCCC2)cc(N2CCCCS2(O)O)c1. The zero-order valence-electron chi connectivity index (χ0n) is 21.6. The van der Waals surface area contributed by atoms with Crippen molar-refractivity contribution in [3.05, 3.63) is 40.3 Å². The van der Waals surface area contributed by atoms with E-state index in [1.54, 1.807) is 22.6 Å². The summed E-state index contributed by atoms with van der Waals surface area (Å²) in [5.74, 6) is 0.0171. The molecule has 1 aromatic carbocycles. The number of aliphatic hydroxyl groups excluding tert-OH is 1. The van der Waals surface area contributed by atoms with Crippen molar-refractivity contribution < 1.29 is 19.0 Å². The third-order valence-corrected chi connectivity index (χ3v) is 9.85. The highest BCUT2D eigenvalue weighted by Gasteiger charge is 2.29. The Labute approximate surface area is 225 Å². The van der Waals surface area contributed by atoms with Crippen molar-refractivity contribution in [3.8, 4) is 0 Å². The minimum Gasteiger partial charge on any atom is -0.390 e. The maximum absolute atomic E-state index is 13.5. The summed E-state index contributed by atoms with van der Waals surface area (Å²) in [5.41, 5.74) is 1.76. The first-order valence-corrected chi connectivity index (χ1v) is 15.9. The molecule has 2 aromatic rings. The van der Waals surface area contributed by atoms with E-state index in [1.807, 2.05) is 18.4 Å². The maximum atomic E-state index is 13.5. The number of hydrogen-bond donors (Lipinski definition) is 6. The third kappa shape index (κ3) is 7.81. The summed E-state index contributed by atoms with van der Waals surface area (Å²) in [4.78, 5) is 17.9. The predicted molar refractivity (Wildman–Crippen MR) is 153 cm³/mol. The average Bonchev–Trinajstić information content (AvgIpc) is 3.40. The molecule has 2 aliphatic rings. The van der Waals surface area contributed by atoms with Crippen LogP contribution in [-0.2, 0) is 6.42 Å². The molecule has 2 fully saturated rings. The first kappa shape index (κ1) is 28.1. The molecule has 1 amide bonds. The summed E-state index contributed by atoms with van der Waals surface area (Å²) in [7, 11) is -2.92. The molecule has 2 atom stereocenters. The van der Waals surface area contributed by atoms with E-state index in [-0.39, 0.29) is 5.91 Å². The number of nitrogens with one attached hydrogen (secondary N) is 3. The van der Waals surface area contributed by atoms with Gasteiger partial charge in [-0.3, -0.25) is 18.2 Å². The van der Waals surface area contributed by atoms with Crippen LogP contribution < -0.4 is 20.3 Å². The zero-order valence-corrected chi connectivity index (χ0v) is 23.2. The molecule has 4 rings (SSSR count). The van der Waals surface area contributed by atoms with Crippen molar-refractivity contribution in [2.75, 3.05) is 35.0 Å². The monoisotopic (exact) mass is 551 g/mol. The van der Waals surface area contributed by atoms with Crippen LogP contribution in [0, 0.1) is 0 Å². The molecule has 0 bridgehead atoms. The molecule has 2 unspecified atom stereocenters. The lowest BCUT2D eigenvalue weighted by Crippen LogP contribution is -2.50. The Kier molecular flexibility index (Phi) is 10.1. The van der Waals surface area contributed by atoms with E-state index in [0.29, 0.717) is 49.1 Å². The van der Waals surface area contributed by atoms with Crippen LogP contribution in [0.1, 0.15) is 67.2 Å². The van der Waals surface area contributed by atoms with Gasteiger partial charge in [-0.15, -0.1) is 22.1 Å². The van der Waals surface area contributed by atoms with Crippen molar-refractivity contribution in [1.82, 2.24) is 15.6 Å². The number of aliphatic hydroxyl groups is 1. The summed E-state index contributed by atoms with van der Waals surface area (Å²) >= 11 is 1.50. The van der Waals surface area contributed by atoms with Gasteiger partial charge in [-0.25, -0.2) is 4.98 Å². The van der Waals surface area contributed by atoms with Crippen molar-refractivity contribution in [1.29, 1.82) is 0 Å². The van der Waals surface area contributed by atoms with Gasteiger partial charge in [-0.1, -0.05) is 19.3 Å². The predicted octanol–water partition coefficient (Wildman–Crippen LogP) is 4.47. The average molecular weight is 552 g/mol. The standard InChI is InChI=1S/C26H41N5O4S2/c1-2-27-21-14-19(15-22(16-21)31-11-6-7-13-37(31,34)35)26(33)30-23(17-25-28-10-12-36-25)24(32)18-29-20-8-4-3-5-9-20/h10,12,14-16,20,23-24,27,29,32,34-35H,2-9,11,13,17-18H2,1H3,(H,30,33). The molecule has 1 aliphatic carbocycles. The molecule has 0 radical (unpaired) electrons. The van der Waals surface area contributed by atoms with Crippen molar-refractivity contribution in [3.63, 3.8) is 0 Å². The number of anilines is 2. The third-order valence-electron chi connectivity index (χ3n) is 7.11. The van der Waals surface area contributed by atoms with E-state index in [4.69, 9.17) is 0 Å². The first-order chi connectivity index (χ1) is 17.9. The summed E-state index contributed by atoms with van der Waals surface area (Å²) in [5, 5.41) is 23.7. The molecule has 1 aromatic heterocycles. The van der Waals surface area contributed by atoms with E-state index >= 15 is 0 Å². The Morgan fingerprint density at radius 2 is 2.00 bits per heavy atom. The minimum atomic E-state index is -2.92. The largest absolute Gasteiger partial charge is 0.390 e. The van der Waals surface area contributed by atoms with Crippen LogP contribution in [-0.4, -0.2) is 68.7 Å². The molecule has 0 spiro atoms. The zero-order chi connectivity index (χ0) is 26.3. The Balaban J connectivity index is 1.52. The fourth-order valence-electron chi connectivity index (χ4n) is 5.11. The summed E-state index contributed by atoms with van der Waals surface area (Å²) in [6, 6.07) is 5.23. The summed E-state index contributed by atoms with van der Waals surface area (Å²) in [6.45, 7) is 3.56. The molecular formula is C26H41N5O4S2. The second-order valence-corrected chi connectivity index (χ2v) is 13.1. The lowest BCUT2D eigenvalue weighted by molar-refractivity contribution is 0.0821. The minimum absolute atomic E-state index is 0.312. The van der Waals surface area contributed by atoms with Crippen LogP contribution in [0.3, 0.4) is 0 Å². The van der Waals surface area contributed by atoms with Gasteiger partial charge in [-0.05, 0) is 50.8 Å². The molecule has 206 valence electrons. The highest BCUT2D eigenvalue weighted by Crippen LogP contribution is 2.50. The van der Waals surface area contributed by atoms with Crippen LogP contribution in [0.25, 0.3) is 0 Å². The molecule has 11 heteroatoms. The van der Waals surface area contributed by atoms with Gasteiger partial charge in [0.1, 0.15) is 0 Å². The van der Waals surface area contributed by atoms with Crippen LogP contribution in [0.4, 0.5) is 11.4 Å². The van der Waals surface area contributed by atoms with Gasteiger partial charge in [-0.2, -0.15) is 0 Å². The number of aromatic nitrogens is 1. The normalized spacial score (nSPS) is 20.7. The first-order valence-electron chi connectivity index (χ1n) is 13.4. The van der Waals surface area contributed by atoms with Gasteiger partial charge in [0, 0.05) is 54.9 Å².